The molecular weight excluding hydrogens is 220 g/mol. The number of hydrogen-bond donors (Lipinski definition) is 1. The minimum absolute atomic E-state index is 0.139. The zero-order valence-electron chi connectivity index (χ0n) is 10.5. The van der Waals surface area contributed by atoms with E-state index in [9.17, 15) is 9.90 Å². The van der Waals surface area contributed by atoms with Crippen LogP contribution in [0.5, 0.6) is 0 Å². The van der Waals surface area contributed by atoms with Crippen molar-refractivity contribution in [2.24, 2.45) is 0 Å². The summed E-state index contributed by atoms with van der Waals surface area (Å²) in [6, 6.07) is 0. The summed E-state index contributed by atoms with van der Waals surface area (Å²) in [4.78, 5) is 16.0. The highest BCUT2D eigenvalue weighted by molar-refractivity contribution is 5.78. The van der Waals surface area contributed by atoms with Gasteiger partial charge in [0.2, 0.25) is 5.91 Å². The summed E-state index contributed by atoms with van der Waals surface area (Å²) in [6.45, 7) is 5.99. The summed E-state index contributed by atoms with van der Waals surface area (Å²) in [6.07, 6.45) is 1.72. The second kappa shape index (κ2) is 5.80. The lowest BCUT2D eigenvalue weighted by Crippen LogP contribution is -2.50. The van der Waals surface area contributed by atoms with Gasteiger partial charge in [-0.25, -0.2) is 0 Å². The zero-order chi connectivity index (χ0) is 12.3. The molecule has 2 atom stereocenters. The average molecular weight is 242 g/mol. The van der Waals surface area contributed by atoms with Gasteiger partial charge in [-0.2, -0.15) is 0 Å². The number of carbonyl (C=O) groups is 1. The first-order chi connectivity index (χ1) is 8.15. The zero-order valence-corrected chi connectivity index (χ0v) is 10.5. The SMILES string of the molecule is CC1CN(C(=O)CN2CCC[C@H](O)C2)CCO1. The highest BCUT2D eigenvalue weighted by Crippen LogP contribution is 2.11. The number of aliphatic hydroxyl groups is 1. The van der Waals surface area contributed by atoms with Gasteiger partial charge in [0, 0.05) is 19.6 Å². The Balaban J connectivity index is 1.79. The first-order valence-electron chi connectivity index (χ1n) is 6.45. The molecular formula is C12H22N2O3. The van der Waals surface area contributed by atoms with E-state index in [1.165, 1.54) is 0 Å². The number of amides is 1. The molecule has 2 aliphatic rings. The van der Waals surface area contributed by atoms with Crippen LogP contribution in [0.3, 0.4) is 0 Å². The van der Waals surface area contributed by atoms with Crippen LogP contribution in [-0.2, 0) is 9.53 Å². The van der Waals surface area contributed by atoms with E-state index in [0.29, 0.717) is 32.8 Å². The van der Waals surface area contributed by atoms with E-state index in [1.807, 2.05) is 11.8 Å². The average Bonchev–Trinajstić information content (AvgIpc) is 2.29. The van der Waals surface area contributed by atoms with Crippen LogP contribution in [0.4, 0.5) is 0 Å². The molecule has 2 fully saturated rings. The van der Waals surface area contributed by atoms with Gasteiger partial charge in [-0.3, -0.25) is 9.69 Å². The molecule has 2 saturated heterocycles. The molecule has 0 aromatic rings. The predicted octanol–water partition coefficient (Wildman–Crippen LogP) is -0.310. The number of ether oxygens (including phenoxy) is 1. The summed E-state index contributed by atoms with van der Waals surface area (Å²) in [5.41, 5.74) is 0. The number of rotatable bonds is 2. The molecule has 17 heavy (non-hydrogen) atoms. The lowest BCUT2D eigenvalue weighted by atomic mass is 10.1. The standard InChI is InChI=1S/C12H22N2O3/c1-10-7-14(5-6-17-10)12(16)9-13-4-2-3-11(15)8-13/h10-11,15H,2-9H2,1H3/t10?,11-/m0/s1. The fourth-order valence-electron chi connectivity index (χ4n) is 2.51. The highest BCUT2D eigenvalue weighted by Gasteiger charge is 2.25. The topological polar surface area (TPSA) is 53.0 Å². The van der Waals surface area contributed by atoms with E-state index in [2.05, 4.69) is 4.90 Å². The number of hydrogen-bond acceptors (Lipinski definition) is 4. The van der Waals surface area contributed by atoms with Crippen molar-refractivity contribution in [3.63, 3.8) is 0 Å². The van der Waals surface area contributed by atoms with Crippen LogP contribution in [0.2, 0.25) is 0 Å². The quantitative estimate of drug-likeness (QED) is 0.722. The van der Waals surface area contributed by atoms with E-state index < -0.39 is 0 Å². The number of aliphatic hydroxyl groups excluding tert-OH is 1. The molecule has 1 N–H and O–H groups in total. The Labute approximate surface area is 102 Å². The molecule has 0 bridgehead atoms. The van der Waals surface area contributed by atoms with Crippen molar-refractivity contribution < 1.29 is 14.6 Å². The maximum atomic E-state index is 12.1. The maximum absolute atomic E-state index is 12.1. The van der Waals surface area contributed by atoms with Crippen LogP contribution < -0.4 is 0 Å². The predicted molar refractivity (Wildman–Crippen MR) is 63.7 cm³/mol. The summed E-state index contributed by atoms with van der Waals surface area (Å²) in [7, 11) is 0. The molecule has 5 heteroatoms. The smallest absolute Gasteiger partial charge is 0.236 e. The van der Waals surface area contributed by atoms with Crippen molar-refractivity contribution in [2.45, 2.75) is 32.0 Å². The molecule has 5 nitrogen and oxygen atoms in total. The van der Waals surface area contributed by atoms with Gasteiger partial charge >= 0.3 is 0 Å². The van der Waals surface area contributed by atoms with Crippen molar-refractivity contribution in [1.29, 1.82) is 0 Å². The molecule has 0 radical (unpaired) electrons. The van der Waals surface area contributed by atoms with E-state index in [0.717, 1.165) is 19.4 Å². The first-order valence-corrected chi connectivity index (χ1v) is 6.45. The van der Waals surface area contributed by atoms with Gasteiger partial charge < -0.3 is 14.7 Å². The Morgan fingerprint density at radius 2 is 2.24 bits per heavy atom. The Morgan fingerprint density at radius 1 is 1.41 bits per heavy atom. The summed E-state index contributed by atoms with van der Waals surface area (Å²) >= 11 is 0. The van der Waals surface area contributed by atoms with Crippen molar-refractivity contribution in [1.82, 2.24) is 9.80 Å². The van der Waals surface area contributed by atoms with Crippen molar-refractivity contribution in [3.8, 4) is 0 Å². The molecule has 0 saturated carbocycles. The Kier molecular flexibility index (Phi) is 4.36. The third kappa shape index (κ3) is 3.66. The number of morpholine rings is 1. The van der Waals surface area contributed by atoms with E-state index in [-0.39, 0.29) is 18.1 Å². The molecule has 0 aromatic carbocycles. The molecule has 0 aromatic heterocycles. The van der Waals surface area contributed by atoms with Gasteiger partial charge in [0.15, 0.2) is 0 Å². The third-order valence-corrected chi connectivity index (χ3v) is 3.43. The van der Waals surface area contributed by atoms with E-state index in [1.54, 1.807) is 0 Å². The molecule has 1 unspecified atom stereocenters. The van der Waals surface area contributed by atoms with Crippen LogP contribution in [0.15, 0.2) is 0 Å². The first kappa shape index (κ1) is 12.8. The maximum Gasteiger partial charge on any atom is 0.236 e. The van der Waals surface area contributed by atoms with Crippen LogP contribution >= 0.6 is 0 Å². The van der Waals surface area contributed by atoms with Crippen molar-refractivity contribution >= 4 is 5.91 Å². The molecule has 2 rings (SSSR count). The number of piperidine rings is 1. The van der Waals surface area contributed by atoms with E-state index in [4.69, 9.17) is 4.74 Å². The summed E-state index contributed by atoms with van der Waals surface area (Å²) < 4.78 is 5.42. The largest absolute Gasteiger partial charge is 0.392 e. The third-order valence-electron chi connectivity index (χ3n) is 3.43. The Hall–Kier alpha value is -0.650. The van der Waals surface area contributed by atoms with Gasteiger partial charge in [0.05, 0.1) is 25.4 Å². The number of β-amino-alcohol motifs (C(OH)–C–C–N with tert-alkyl or cyclic N) is 1. The molecule has 2 heterocycles. The second-order valence-corrected chi connectivity index (χ2v) is 5.05. The molecule has 1 amide bonds. The Bertz CT molecular complexity index is 272. The lowest BCUT2D eigenvalue weighted by Gasteiger charge is -2.34. The second-order valence-electron chi connectivity index (χ2n) is 5.05. The summed E-state index contributed by atoms with van der Waals surface area (Å²) in [5.74, 6) is 0.161. The number of likely N-dealkylation sites (tertiary alicyclic amines) is 1. The van der Waals surface area contributed by atoms with Gasteiger partial charge in [-0.05, 0) is 26.3 Å². The van der Waals surface area contributed by atoms with Crippen molar-refractivity contribution in [2.75, 3.05) is 39.3 Å². The lowest BCUT2D eigenvalue weighted by molar-refractivity contribution is -0.140. The number of nitrogens with zero attached hydrogens (tertiary/aromatic N) is 2. The van der Waals surface area contributed by atoms with Gasteiger partial charge in [0.25, 0.3) is 0 Å². The minimum atomic E-state index is -0.264. The van der Waals surface area contributed by atoms with Crippen LogP contribution in [0, 0.1) is 0 Å². The fraction of sp³-hybridized carbons (Fsp3) is 0.917. The monoisotopic (exact) mass is 242 g/mol. The Morgan fingerprint density at radius 3 is 2.94 bits per heavy atom. The fourth-order valence-corrected chi connectivity index (χ4v) is 2.51. The molecule has 0 aliphatic carbocycles. The normalized spacial score (nSPS) is 31.5. The van der Waals surface area contributed by atoms with Crippen LogP contribution in [0.25, 0.3) is 0 Å². The van der Waals surface area contributed by atoms with Gasteiger partial charge in [-0.15, -0.1) is 0 Å². The molecule has 98 valence electrons. The van der Waals surface area contributed by atoms with Gasteiger partial charge in [-0.1, -0.05) is 0 Å². The highest BCUT2D eigenvalue weighted by atomic mass is 16.5. The summed E-state index contributed by atoms with van der Waals surface area (Å²) in [5, 5.41) is 9.56. The van der Waals surface area contributed by atoms with E-state index >= 15 is 0 Å². The molecule has 2 aliphatic heterocycles. The minimum Gasteiger partial charge on any atom is -0.392 e. The molecule has 0 spiro atoms. The van der Waals surface area contributed by atoms with Crippen molar-refractivity contribution in [3.05, 3.63) is 0 Å². The van der Waals surface area contributed by atoms with Crippen LogP contribution in [0.1, 0.15) is 19.8 Å². The number of carbonyl (C=O) groups excluding carboxylic acids is 1. The van der Waals surface area contributed by atoms with Crippen LogP contribution in [-0.4, -0.2) is 72.4 Å². The van der Waals surface area contributed by atoms with Gasteiger partial charge in [0.1, 0.15) is 0 Å².